The van der Waals surface area contributed by atoms with Crippen molar-refractivity contribution in [2.75, 3.05) is 23.3 Å². The first-order valence-corrected chi connectivity index (χ1v) is 8.10. The van der Waals surface area contributed by atoms with Crippen LogP contribution in [0, 0.1) is 0 Å². The highest BCUT2D eigenvalue weighted by Gasteiger charge is 2.18. The smallest absolute Gasteiger partial charge is 0.241 e. The van der Waals surface area contributed by atoms with E-state index >= 15 is 0 Å². The number of nitrogens with two attached hydrogens (primary N) is 1. The van der Waals surface area contributed by atoms with Crippen LogP contribution in [-0.2, 0) is 4.79 Å². The normalized spacial score (nSPS) is 15.2. The highest BCUT2D eigenvalue weighted by Crippen LogP contribution is 2.31. The third-order valence-electron chi connectivity index (χ3n) is 3.85. The van der Waals surface area contributed by atoms with Gasteiger partial charge in [-0.3, -0.25) is 4.79 Å². The highest BCUT2D eigenvalue weighted by molar-refractivity contribution is 6.31. The zero-order valence-electron chi connectivity index (χ0n) is 13.4. The molecule has 1 fully saturated rings. The molecular formula is C16H26Cl3N3O. The van der Waals surface area contributed by atoms with Crippen molar-refractivity contribution in [2.24, 2.45) is 5.73 Å². The van der Waals surface area contributed by atoms with E-state index < -0.39 is 6.04 Å². The average molecular weight is 383 g/mol. The molecule has 1 amide bonds. The molecular weight excluding hydrogens is 357 g/mol. The van der Waals surface area contributed by atoms with Gasteiger partial charge in [-0.15, -0.1) is 24.8 Å². The van der Waals surface area contributed by atoms with Crippen LogP contribution in [0.5, 0.6) is 0 Å². The maximum absolute atomic E-state index is 12.2. The summed E-state index contributed by atoms with van der Waals surface area (Å²) in [4.78, 5) is 14.5. The number of halogens is 3. The highest BCUT2D eigenvalue weighted by atomic mass is 35.5. The van der Waals surface area contributed by atoms with Crippen molar-refractivity contribution in [3.63, 3.8) is 0 Å². The van der Waals surface area contributed by atoms with Gasteiger partial charge in [-0.05, 0) is 43.9 Å². The summed E-state index contributed by atoms with van der Waals surface area (Å²) in [6, 6.07) is 5.19. The molecule has 1 atom stereocenters. The van der Waals surface area contributed by atoms with E-state index in [2.05, 4.69) is 10.2 Å². The first-order valence-electron chi connectivity index (χ1n) is 7.72. The third kappa shape index (κ3) is 6.38. The van der Waals surface area contributed by atoms with E-state index in [1.54, 1.807) is 0 Å². The second-order valence-corrected chi connectivity index (χ2v) is 6.03. The Morgan fingerprint density at radius 3 is 2.57 bits per heavy atom. The number of rotatable bonds is 5. The van der Waals surface area contributed by atoms with Crippen LogP contribution in [0.25, 0.3) is 0 Å². The number of amides is 1. The van der Waals surface area contributed by atoms with Gasteiger partial charge in [-0.2, -0.15) is 0 Å². The molecule has 1 heterocycles. The Kier molecular flexibility index (Phi) is 10.7. The van der Waals surface area contributed by atoms with Crippen LogP contribution in [0.15, 0.2) is 18.2 Å². The summed E-state index contributed by atoms with van der Waals surface area (Å²) >= 11 is 6.08. The minimum atomic E-state index is -0.469. The van der Waals surface area contributed by atoms with E-state index in [1.807, 2.05) is 25.1 Å². The molecule has 0 radical (unpaired) electrons. The van der Waals surface area contributed by atoms with E-state index in [0.717, 1.165) is 30.9 Å². The van der Waals surface area contributed by atoms with Crippen molar-refractivity contribution < 1.29 is 4.79 Å². The summed E-state index contributed by atoms with van der Waals surface area (Å²) < 4.78 is 0. The van der Waals surface area contributed by atoms with Gasteiger partial charge in [-0.25, -0.2) is 0 Å². The molecule has 132 valence electrons. The summed E-state index contributed by atoms with van der Waals surface area (Å²) in [6.07, 6.45) is 5.22. The summed E-state index contributed by atoms with van der Waals surface area (Å²) in [7, 11) is 0. The van der Waals surface area contributed by atoms with Crippen LogP contribution in [-0.4, -0.2) is 25.0 Å². The van der Waals surface area contributed by atoms with Gasteiger partial charge >= 0.3 is 0 Å². The second kappa shape index (κ2) is 11.0. The molecule has 1 aliphatic rings. The molecule has 3 N–H and O–H groups in total. The quantitative estimate of drug-likeness (QED) is 0.800. The number of carbonyl (C=O) groups is 1. The number of piperidine rings is 1. The summed E-state index contributed by atoms with van der Waals surface area (Å²) in [6.45, 7) is 4.06. The average Bonchev–Trinajstić information content (AvgIpc) is 2.48. The Balaban J connectivity index is 0.00000242. The third-order valence-corrected chi connectivity index (χ3v) is 4.08. The molecule has 23 heavy (non-hydrogen) atoms. The lowest BCUT2D eigenvalue weighted by molar-refractivity contribution is -0.117. The molecule has 4 nitrogen and oxygen atoms in total. The fourth-order valence-electron chi connectivity index (χ4n) is 2.69. The lowest BCUT2D eigenvalue weighted by Crippen LogP contribution is -2.36. The molecule has 1 aromatic rings. The lowest BCUT2D eigenvalue weighted by Gasteiger charge is -2.31. The van der Waals surface area contributed by atoms with E-state index in [4.69, 9.17) is 17.3 Å². The minimum Gasteiger partial charge on any atom is -0.370 e. The fraction of sp³-hybridized carbons (Fsp3) is 0.562. The first-order chi connectivity index (χ1) is 10.1. The second-order valence-electron chi connectivity index (χ2n) is 5.59. The number of nitrogens with zero attached hydrogens (tertiary/aromatic N) is 1. The number of benzene rings is 1. The van der Waals surface area contributed by atoms with E-state index in [-0.39, 0.29) is 30.7 Å². The largest absolute Gasteiger partial charge is 0.370 e. The number of nitrogens with one attached hydrogen (secondary N) is 1. The molecule has 0 spiro atoms. The summed E-state index contributed by atoms with van der Waals surface area (Å²) in [5.41, 5.74) is 7.69. The van der Waals surface area contributed by atoms with Crippen molar-refractivity contribution in [3.05, 3.63) is 23.2 Å². The SMILES string of the molecule is CCCC(N)C(=O)Nc1cc(Cl)ccc1N1CCCCC1.Cl.Cl. The Morgan fingerprint density at radius 2 is 1.96 bits per heavy atom. The zero-order chi connectivity index (χ0) is 15.2. The molecule has 0 aliphatic carbocycles. The van der Waals surface area contributed by atoms with Crippen molar-refractivity contribution in [1.82, 2.24) is 0 Å². The fourth-order valence-corrected chi connectivity index (χ4v) is 2.86. The monoisotopic (exact) mass is 381 g/mol. The van der Waals surface area contributed by atoms with Gasteiger partial charge in [0, 0.05) is 18.1 Å². The van der Waals surface area contributed by atoms with Crippen molar-refractivity contribution in [1.29, 1.82) is 0 Å². The van der Waals surface area contributed by atoms with Crippen LogP contribution < -0.4 is 16.0 Å². The molecule has 1 saturated heterocycles. The van der Waals surface area contributed by atoms with Crippen LogP contribution in [0.3, 0.4) is 0 Å². The van der Waals surface area contributed by atoms with E-state index in [1.165, 1.54) is 19.3 Å². The topological polar surface area (TPSA) is 58.4 Å². The Morgan fingerprint density at radius 1 is 1.30 bits per heavy atom. The number of anilines is 2. The van der Waals surface area contributed by atoms with Crippen LogP contribution in [0.1, 0.15) is 39.0 Å². The maximum atomic E-state index is 12.2. The predicted octanol–water partition coefficient (Wildman–Crippen LogP) is 4.24. The Bertz CT molecular complexity index is 493. The standard InChI is InChI=1S/C16H24ClN3O.2ClH/c1-2-6-13(18)16(21)19-14-11-12(17)7-8-15(14)20-9-4-3-5-10-20;;/h7-8,11,13H,2-6,9-10,18H2,1H3,(H,19,21);2*1H. The number of carbonyl (C=O) groups excluding carboxylic acids is 1. The predicted molar refractivity (Wildman–Crippen MR) is 104 cm³/mol. The summed E-state index contributed by atoms with van der Waals surface area (Å²) in [5, 5.41) is 3.56. The Hall–Kier alpha value is -0.680. The van der Waals surface area contributed by atoms with Gasteiger partial charge < -0.3 is 16.0 Å². The molecule has 7 heteroatoms. The van der Waals surface area contributed by atoms with Crippen molar-refractivity contribution in [2.45, 2.75) is 45.1 Å². The van der Waals surface area contributed by atoms with Gasteiger partial charge in [0.1, 0.15) is 0 Å². The van der Waals surface area contributed by atoms with Crippen LogP contribution in [0.4, 0.5) is 11.4 Å². The summed E-state index contributed by atoms with van der Waals surface area (Å²) in [5.74, 6) is -0.141. The first kappa shape index (κ1) is 22.3. The van der Waals surface area contributed by atoms with Crippen molar-refractivity contribution >= 4 is 53.7 Å². The molecule has 1 aliphatic heterocycles. The van der Waals surface area contributed by atoms with Crippen LogP contribution in [0.2, 0.25) is 5.02 Å². The molecule has 2 rings (SSSR count). The lowest BCUT2D eigenvalue weighted by atomic mass is 10.1. The molecule has 1 aromatic carbocycles. The molecule has 0 aromatic heterocycles. The zero-order valence-corrected chi connectivity index (χ0v) is 15.8. The number of hydrogen-bond acceptors (Lipinski definition) is 3. The molecule has 0 saturated carbocycles. The molecule has 1 unspecified atom stereocenters. The minimum absolute atomic E-state index is 0. The van der Waals surface area contributed by atoms with E-state index in [9.17, 15) is 4.79 Å². The Labute approximate surface area is 155 Å². The maximum Gasteiger partial charge on any atom is 0.241 e. The van der Waals surface area contributed by atoms with Gasteiger partial charge in [-0.1, -0.05) is 24.9 Å². The van der Waals surface area contributed by atoms with Gasteiger partial charge in [0.15, 0.2) is 0 Å². The van der Waals surface area contributed by atoms with Crippen LogP contribution >= 0.6 is 36.4 Å². The van der Waals surface area contributed by atoms with Gasteiger partial charge in [0.25, 0.3) is 0 Å². The van der Waals surface area contributed by atoms with E-state index in [0.29, 0.717) is 11.4 Å². The molecule has 0 bridgehead atoms. The van der Waals surface area contributed by atoms with Crippen molar-refractivity contribution in [3.8, 4) is 0 Å². The van der Waals surface area contributed by atoms with Gasteiger partial charge in [0.05, 0.1) is 17.4 Å². The number of hydrogen-bond donors (Lipinski definition) is 2. The van der Waals surface area contributed by atoms with Gasteiger partial charge in [0.2, 0.25) is 5.91 Å².